The molecule has 11 rings (SSSR count). The van der Waals surface area contributed by atoms with Gasteiger partial charge in [0.1, 0.15) is 0 Å². The zero-order chi connectivity index (χ0) is 42.1. The van der Waals surface area contributed by atoms with Crippen molar-refractivity contribution in [1.29, 1.82) is 0 Å². The smallest absolute Gasteiger partial charge is 0.0716 e. The Morgan fingerprint density at radius 3 is 1.67 bits per heavy atom. The van der Waals surface area contributed by atoms with Gasteiger partial charge in [-0.1, -0.05) is 170 Å². The maximum atomic E-state index is 5.02. The molecule has 0 N–H and O–H groups in total. The lowest BCUT2D eigenvalue weighted by Gasteiger charge is -2.12. The van der Waals surface area contributed by atoms with E-state index in [-0.39, 0.29) is 0 Å². The van der Waals surface area contributed by atoms with Crippen LogP contribution in [-0.4, -0.2) is 21.6 Å². The van der Waals surface area contributed by atoms with Crippen molar-refractivity contribution >= 4 is 61.7 Å². The van der Waals surface area contributed by atoms with E-state index in [2.05, 4.69) is 209 Å². The molecular weight excluding hydrogens is 765 g/mol. The van der Waals surface area contributed by atoms with Gasteiger partial charge in [0.2, 0.25) is 0 Å². The Kier molecular flexibility index (Phi) is 9.72. The minimum atomic E-state index is 0.577. The summed E-state index contributed by atoms with van der Waals surface area (Å²) in [4.78, 5) is 9.50. The normalized spacial score (nSPS) is 12.1. The molecule has 63 heavy (non-hydrogen) atoms. The fourth-order valence-electron chi connectivity index (χ4n) is 9.03. The van der Waals surface area contributed by atoms with E-state index >= 15 is 0 Å². The first-order valence-electron chi connectivity index (χ1n) is 21.4. The molecule has 0 fully saturated rings. The lowest BCUT2D eigenvalue weighted by molar-refractivity contribution is 1.07. The predicted octanol–water partition coefficient (Wildman–Crippen LogP) is 14.9. The van der Waals surface area contributed by atoms with Crippen molar-refractivity contribution in [2.24, 2.45) is 9.98 Å². The number of fused-ring (bicyclic) bond motifs is 6. The number of hydrogen-bond donors (Lipinski definition) is 0. The number of aliphatic imine (C=N–C) groups is 2. The summed E-state index contributed by atoms with van der Waals surface area (Å²) in [6.07, 6.45) is 2.04. The largest absolute Gasteiger partial charge is 0.309 e. The van der Waals surface area contributed by atoms with Crippen molar-refractivity contribution < 1.29 is 0 Å². The second-order valence-corrected chi connectivity index (χ2v) is 15.9. The number of nitrogens with zero attached hydrogens (tertiary/aromatic N) is 4. The summed E-state index contributed by atoms with van der Waals surface area (Å²) >= 11 is 0. The van der Waals surface area contributed by atoms with E-state index < -0.39 is 0 Å². The van der Waals surface area contributed by atoms with Crippen molar-refractivity contribution in [2.45, 2.75) is 6.54 Å². The second-order valence-electron chi connectivity index (χ2n) is 15.9. The van der Waals surface area contributed by atoms with Gasteiger partial charge < -0.3 is 9.13 Å². The fraction of sp³-hybridized carbons (Fsp3) is 0.0169. The number of allylic oxidation sites excluding steroid dienone is 1. The molecule has 4 heteroatoms. The van der Waals surface area contributed by atoms with E-state index in [0.29, 0.717) is 6.54 Å². The van der Waals surface area contributed by atoms with Crippen LogP contribution in [0.15, 0.2) is 241 Å². The molecule has 0 radical (unpaired) electrons. The molecule has 298 valence electrons. The molecule has 0 unspecified atom stereocenters. The number of hydrogen-bond acceptors (Lipinski definition) is 2. The van der Waals surface area contributed by atoms with E-state index in [1.165, 1.54) is 49.2 Å². The lowest BCUT2D eigenvalue weighted by atomic mass is 10.00. The summed E-state index contributed by atoms with van der Waals surface area (Å²) < 4.78 is 4.78. The van der Waals surface area contributed by atoms with Gasteiger partial charge in [-0.15, -0.1) is 0 Å². The van der Waals surface area contributed by atoms with E-state index in [9.17, 15) is 0 Å². The Morgan fingerprint density at radius 1 is 0.397 bits per heavy atom. The van der Waals surface area contributed by atoms with Gasteiger partial charge in [0.15, 0.2) is 0 Å². The van der Waals surface area contributed by atoms with Crippen LogP contribution in [0.1, 0.15) is 16.7 Å². The summed E-state index contributed by atoms with van der Waals surface area (Å²) in [6.45, 7) is 4.53. The van der Waals surface area contributed by atoms with Gasteiger partial charge >= 0.3 is 0 Å². The molecule has 0 amide bonds. The Balaban J connectivity index is 0.945. The minimum Gasteiger partial charge on any atom is -0.309 e. The Labute approximate surface area is 366 Å². The van der Waals surface area contributed by atoms with Crippen LogP contribution >= 0.6 is 0 Å². The highest BCUT2D eigenvalue weighted by Crippen LogP contribution is 2.38. The standard InChI is InChI=1S/C59H42N4/c1-60-54(39-55(43-18-7-3-8-19-43)61-40-41-16-5-2-6-17-41)44-30-28-42(29-31-44)46-33-35-58-53(37-46)51-25-12-14-27-57(51)63(58)49-23-15-20-45(36-49)47-32-34-52-50-24-11-13-26-56(50)62(59(52)38-47)48-21-9-4-10-22-48/h2-39H,1,40H2/b54-39-,61-55+. The highest BCUT2D eigenvalue weighted by molar-refractivity contribution is 6.13. The summed E-state index contributed by atoms with van der Waals surface area (Å²) in [5.74, 6) is 0. The third-order valence-corrected chi connectivity index (χ3v) is 12.1. The molecule has 0 spiro atoms. The summed E-state index contributed by atoms with van der Waals surface area (Å²) in [5.41, 5.74) is 16.5. The van der Waals surface area contributed by atoms with Crippen LogP contribution in [0.3, 0.4) is 0 Å². The van der Waals surface area contributed by atoms with E-state index in [0.717, 1.165) is 56.1 Å². The van der Waals surface area contributed by atoms with Crippen molar-refractivity contribution in [3.05, 3.63) is 247 Å². The Morgan fingerprint density at radius 2 is 0.937 bits per heavy atom. The summed E-state index contributed by atoms with van der Waals surface area (Å²) in [5, 5.41) is 4.93. The highest BCUT2D eigenvalue weighted by atomic mass is 15.0. The van der Waals surface area contributed by atoms with Crippen molar-refractivity contribution in [3.8, 4) is 33.6 Å². The first-order chi connectivity index (χ1) is 31.2. The van der Waals surface area contributed by atoms with Crippen LogP contribution in [0.25, 0.3) is 82.9 Å². The van der Waals surface area contributed by atoms with Gasteiger partial charge in [0.05, 0.1) is 40.0 Å². The molecule has 4 nitrogen and oxygen atoms in total. The maximum absolute atomic E-state index is 5.02. The zero-order valence-electron chi connectivity index (χ0n) is 34.6. The molecule has 0 aliphatic carbocycles. The second kappa shape index (κ2) is 16.3. The van der Waals surface area contributed by atoms with E-state index in [4.69, 9.17) is 4.99 Å². The van der Waals surface area contributed by atoms with Crippen molar-refractivity contribution in [1.82, 2.24) is 9.13 Å². The number of para-hydroxylation sites is 3. The highest BCUT2D eigenvalue weighted by Gasteiger charge is 2.16. The molecular formula is C59H42N4. The van der Waals surface area contributed by atoms with Crippen LogP contribution in [0.5, 0.6) is 0 Å². The first kappa shape index (κ1) is 37.6. The van der Waals surface area contributed by atoms with Gasteiger partial charge in [0.25, 0.3) is 0 Å². The molecule has 0 aliphatic rings. The van der Waals surface area contributed by atoms with Crippen LogP contribution < -0.4 is 0 Å². The third kappa shape index (κ3) is 7.04. The van der Waals surface area contributed by atoms with Gasteiger partial charge in [-0.05, 0) is 101 Å². The third-order valence-electron chi connectivity index (χ3n) is 12.1. The molecule has 0 saturated heterocycles. The summed E-state index contributed by atoms with van der Waals surface area (Å²) in [7, 11) is 0. The number of benzene rings is 9. The van der Waals surface area contributed by atoms with Gasteiger partial charge in [-0.3, -0.25) is 9.98 Å². The zero-order valence-corrected chi connectivity index (χ0v) is 34.6. The number of aromatic nitrogens is 2. The predicted molar refractivity (Wildman–Crippen MR) is 267 cm³/mol. The Hall–Kier alpha value is -8.34. The fourth-order valence-corrected chi connectivity index (χ4v) is 9.03. The molecule has 11 aromatic rings. The molecule has 2 aromatic heterocycles. The van der Waals surface area contributed by atoms with Gasteiger partial charge in [-0.2, -0.15) is 0 Å². The number of rotatable bonds is 10. The van der Waals surface area contributed by atoms with Gasteiger partial charge in [-0.25, -0.2) is 0 Å². The maximum Gasteiger partial charge on any atom is 0.0716 e. The minimum absolute atomic E-state index is 0.577. The topological polar surface area (TPSA) is 34.6 Å². The molecule has 0 atom stereocenters. The molecule has 0 bridgehead atoms. The SMILES string of the molecule is C=N/C(=C\C(=N/Cc1ccccc1)c1ccccc1)c1ccc(-c2ccc3c(c2)c2ccccc2n3-c2cccc(-c3ccc4c5ccccc5n(-c5ccccc5)c4c3)c2)cc1. The lowest BCUT2D eigenvalue weighted by Crippen LogP contribution is -1.99. The van der Waals surface area contributed by atoms with Gasteiger partial charge in [0, 0.05) is 38.5 Å². The van der Waals surface area contributed by atoms with Crippen molar-refractivity contribution in [2.75, 3.05) is 0 Å². The van der Waals surface area contributed by atoms with E-state index in [1.54, 1.807) is 0 Å². The average molecular weight is 807 g/mol. The first-order valence-corrected chi connectivity index (χ1v) is 21.4. The van der Waals surface area contributed by atoms with Crippen LogP contribution in [0.4, 0.5) is 0 Å². The van der Waals surface area contributed by atoms with Crippen LogP contribution in [0, 0.1) is 0 Å². The Bertz CT molecular complexity index is 3520. The monoisotopic (exact) mass is 806 g/mol. The quantitative estimate of drug-likeness (QED) is 0.123. The molecule has 2 heterocycles. The summed E-state index contributed by atoms with van der Waals surface area (Å²) in [6, 6.07) is 79.9. The van der Waals surface area contributed by atoms with Crippen molar-refractivity contribution in [3.63, 3.8) is 0 Å². The van der Waals surface area contributed by atoms with Crippen LogP contribution in [0.2, 0.25) is 0 Å². The molecule has 0 aliphatic heterocycles. The molecule has 9 aromatic carbocycles. The molecule has 0 saturated carbocycles. The van der Waals surface area contributed by atoms with E-state index in [1.807, 2.05) is 42.5 Å². The van der Waals surface area contributed by atoms with Crippen LogP contribution in [-0.2, 0) is 6.54 Å². The average Bonchev–Trinajstić information content (AvgIpc) is 3.87.